The van der Waals surface area contributed by atoms with Gasteiger partial charge in [-0.25, -0.2) is 4.39 Å². The third-order valence-corrected chi connectivity index (χ3v) is 7.25. The zero-order valence-corrected chi connectivity index (χ0v) is 20.9. The van der Waals surface area contributed by atoms with Crippen LogP contribution in [0.3, 0.4) is 0 Å². The second-order valence-corrected chi connectivity index (χ2v) is 9.95. The molecule has 0 radical (unpaired) electrons. The molecule has 5 rings (SSSR count). The average Bonchev–Trinajstić information content (AvgIpc) is 3.23. The SMILES string of the molecule is O=C(O)C[C@H]1CCCN(c2ccc(-c3c4cccc(C(F)(F)F)c4nn3Cc3ccc(F)cc3Cl)cc2)C1. The van der Waals surface area contributed by atoms with E-state index < -0.39 is 23.5 Å². The van der Waals surface area contributed by atoms with E-state index >= 15 is 0 Å². The summed E-state index contributed by atoms with van der Waals surface area (Å²) in [7, 11) is 0. The van der Waals surface area contributed by atoms with Crippen LogP contribution < -0.4 is 4.90 Å². The van der Waals surface area contributed by atoms with E-state index in [1.165, 1.54) is 22.9 Å². The number of carboxylic acid groups (broad SMARTS) is 1. The zero-order chi connectivity index (χ0) is 27.0. The number of fused-ring (bicyclic) bond motifs is 1. The van der Waals surface area contributed by atoms with Crippen LogP contribution in [0.15, 0.2) is 60.7 Å². The Morgan fingerprint density at radius 1 is 1.11 bits per heavy atom. The molecule has 0 amide bonds. The molecule has 38 heavy (non-hydrogen) atoms. The van der Waals surface area contributed by atoms with Crippen molar-refractivity contribution in [1.29, 1.82) is 0 Å². The van der Waals surface area contributed by atoms with Gasteiger partial charge >= 0.3 is 12.1 Å². The maximum Gasteiger partial charge on any atom is 0.418 e. The van der Waals surface area contributed by atoms with Crippen LogP contribution in [-0.4, -0.2) is 33.9 Å². The number of aliphatic carboxylic acids is 1. The lowest BCUT2D eigenvalue weighted by molar-refractivity contribution is -0.138. The maximum atomic E-state index is 13.8. The van der Waals surface area contributed by atoms with Gasteiger partial charge in [0, 0.05) is 41.2 Å². The summed E-state index contributed by atoms with van der Waals surface area (Å²) in [6.45, 7) is 1.48. The molecule has 1 saturated heterocycles. The molecule has 198 valence electrons. The Hall–Kier alpha value is -3.59. The predicted molar refractivity (Wildman–Crippen MR) is 138 cm³/mol. The Bertz CT molecular complexity index is 1480. The molecule has 1 aliphatic heterocycles. The molecule has 5 nitrogen and oxygen atoms in total. The number of hydrogen-bond acceptors (Lipinski definition) is 3. The van der Waals surface area contributed by atoms with Gasteiger partial charge in [0.25, 0.3) is 0 Å². The van der Waals surface area contributed by atoms with Gasteiger partial charge in [-0.1, -0.05) is 41.9 Å². The van der Waals surface area contributed by atoms with Crippen LogP contribution in [0.1, 0.15) is 30.4 Å². The number of carbonyl (C=O) groups is 1. The van der Waals surface area contributed by atoms with Gasteiger partial charge in [0.1, 0.15) is 11.3 Å². The summed E-state index contributed by atoms with van der Waals surface area (Å²) in [6.07, 6.45) is -2.73. The summed E-state index contributed by atoms with van der Waals surface area (Å²) in [5, 5.41) is 14.0. The summed E-state index contributed by atoms with van der Waals surface area (Å²) in [5.74, 6) is -1.26. The van der Waals surface area contributed by atoms with E-state index in [0.717, 1.165) is 37.2 Å². The van der Waals surface area contributed by atoms with Gasteiger partial charge in [-0.05, 0) is 54.7 Å². The van der Waals surface area contributed by atoms with Gasteiger partial charge in [0.05, 0.1) is 17.8 Å². The molecule has 1 aliphatic rings. The van der Waals surface area contributed by atoms with Gasteiger partial charge in [0.2, 0.25) is 0 Å². The minimum Gasteiger partial charge on any atom is -0.481 e. The summed E-state index contributed by atoms with van der Waals surface area (Å²) in [5.41, 5.74) is 1.56. The number of piperidine rings is 1. The number of nitrogens with zero attached hydrogens (tertiary/aromatic N) is 3. The fraction of sp³-hybridized carbons (Fsp3) is 0.286. The molecule has 0 bridgehead atoms. The largest absolute Gasteiger partial charge is 0.481 e. The predicted octanol–water partition coefficient (Wildman–Crippen LogP) is 7.25. The number of hydrogen-bond donors (Lipinski definition) is 1. The molecule has 1 atom stereocenters. The third kappa shape index (κ3) is 5.34. The minimum absolute atomic E-state index is 0.0468. The van der Waals surface area contributed by atoms with E-state index in [0.29, 0.717) is 28.8 Å². The first-order chi connectivity index (χ1) is 18.1. The fourth-order valence-electron chi connectivity index (χ4n) is 5.15. The zero-order valence-electron chi connectivity index (χ0n) is 20.2. The van der Waals surface area contributed by atoms with E-state index in [-0.39, 0.29) is 29.4 Å². The molecular formula is C28H24ClF4N3O2. The lowest BCUT2D eigenvalue weighted by atomic mass is 9.94. The number of aromatic nitrogens is 2. The second-order valence-electron chi connectivity index (χ2n) is 9.54. The first-order valence-electron chi connectivity index (χ1n) is 12.2. The smallest absolute Gasteiger partial charge is 0.418 e. The molecule has 0 aliphatic carbocycles. The lowest BCUT2D eigenvalue weighted by Gasteiger charge is -2.34. The van der Waals surface area contributed by atoms with Crippen molar-refractivity contribution >= 4 is 34.2 Å². The van der Waals surface area contributed by atoms with Crippen molar-refractivity contribution in [3.05, 3.63) is 82.6 Å². The fourth-order valence-corrected chi connectivity index (χ4v) is 5.38. The monoisotopic (exact) mass is 545 g/mol. The van der Waals surface area contributed by atoms with Crippen LogP contribution in [0.2, 0.25) is 5.02 Å². The lowest BCUT2D eigenvalue weighted by Crippen LogP contribution is -2.36. The Labute approximate surface area is 221 Å². The molecular weight excluding hydrogens is 522 g/mol. The highest BCUT2D eigenvalue weighted by atomic mass is 35.5. The topological polar surface area (TPSA) is 58.4 Å². The van der Waals surface area contributed by atoms with Crippen LogP contribution in [0.25, 0.3) is 22.2 Å². The Morgan fingerprint density at radius 2 is 1.87 bits per heavy atom. The molecule has 2 heterocycles. The number of benzene rings is 3. The Morgan fingerprint density at radius 3 is 2.55 bits per heavy atom. The second kappa shape index (κ2) is 10.3. The van der Waals surface area contributed by atoms with Gasteiger partial charge in [-0.15, -0.1) is 0 Å². The summed E-state index contributed by atoms with van der Waals surface area (Å²) >= 11 is 6.23. The molecule has 3 aromatic carbocycles. The van der Waals surface area contributed by atoms with E-state index in [1.54, 1.807) is 6.07 Å². The molecule has 1 N–H and O–H groups in total. The molecule has 0 unspecified atom stereocenters. The highest BCUT2D eigenvalue weighted by Crippen LogP contribution is 2.39. The summed E-state index contributed by atoms with van der Waals surface area (Å²) < 4.78 is 56.5. The van der Waals surface area contributed by atoms with Crippen molar-refractivity contribution in [2.24, 2.45) is 5.92 Å². The van der Waals surface area contributed by atoms with Crippen LogP contribution >= 0.6 is 11.6 Å². The number of alkyl halides is 3. The number of halogens is 5. The van der Waals surface area contributed by atoms with Gasteiger partial charge in [-0.3, -0.25) is 9.48 Å². The molecule has 1 aromatic heterocycles. The van der Waals surface area contributed by atoms with Crippen molar-refractivity contribution in [2.45, 2.75) is 32.0 Å². The molecule has 4 aromatic rings. The van der Waals surface area contributed by atoms with Crippen molar-refractivity contribution in [3.8, 4) is 11.3 Å². The summed E-state index contributed by atoms with van der Waals surface area (Å²) in [6, 6.07) is 15.3. The average molecular weight is 546 g/mol. The van der Waals surface area contributed by atoms with Crippen molar-refractivity contribution < 1.29 is 27.5 Å². The first kappa shape index (κ1) is 26.0. The third-order valence-electron chi connectivity index (χ3n) is 6.90. The van der Waals surface area contributed by atoms with Gasteiger partial charge in [-0.2, -0.15) is 18.3 Å². The molecule has 0 saturated carbocycles. The van der Waals surface area contributed by atoms with Crippen LogP contribution in [-0.2, 0) is 17.5 Å². The van der Waals surface area contributed by atoms with Crippen molar-refractivity contribution in [1.82, 2.24) is 9.78 Å². The maximum absolute atomic E-state index is 13.8. The standard InChI is InChI=1S/C28H24ClF4N3O2/c29-24-14-20(30)9-6-19(24)16-36-27(22-4-1-5-23(26(22)34-36)28(31,32)33)18-7-10-21(11-8-18)35-12-2-3-17(15-35)13-25(37)38/h1,4-11,14,17H,2-3,12-13,15-16H2,(H,37,38)/t17-/m1/s1. The van der Waals surface area contributed by atoms with Crippen LogP contribution in [0, 0.1) is 11.7 Å². The first-order valence-corrected chi connectivity index (χ1v) is 12.6. The van der Waals surface area contributed by atoms with Gasteiger partial charge in [0.15, 0.2) is 0 Å². The van der Waals surface area contributed by atoms with E-state index in [1.807, 2.05) is 24.3 Å². The van der Waals surface area contributed by atoms with Gasteiger partial charge < -0.3 is 10.0 Å². The van der Waals surface area contributed by atoms with Crippen molar-refractivity contribution in [2.75, 3.05) is 18.0 Å². The summed E-state index contributed by atoms with van der Waals surface area (Å²) in [4.78, 5) is 13.3. The highest BCUT2D eigenvalue weighted by molar-refractivity contribution is 6.31. The van der Waals surface area contributed by atoms with Crippen molar-refractivity contribution in [3.63, 3.8) is 0 Å². The Balaban J connectivity index is 1.55. The minimum atomic E-state index is -4.59. The molecule has 10 heteroatoms. The van der Waals surface area contributed by atoms with E-state index in [2.05, 4.69) is 10.00 Å². The molecule has 1 fully saturated rings. The number of carboxylic acids is 1. The number of rotatable bonds is 6. The number of anilines is 1. The highest BCUT2D eigenvalue weighted by Gasteiger charge is 2.34. The van der Waals surface area contributed by atoms with E-state index in [4.69, 9.17) is 16.7 Å². The normalized spacial score (nSPS) is 16.2. The Kier molecular flexibility index (Phi) is 7.05. The van der Waals surface area contributed by atoms with Crippen LogP contribution in [0.4, 0.5) is 23.2 Å². The molecule has 0 spiro atoms. The quantitative estimate of drug-likeness (QED) is 0.259. The van der Waals surface area contributed by atoms with E-state index in [9.17, 15) is 22.4 Å². The van der Waals surface area contributed by atoms with Crippen LogP contribution in [0.5, 0.6) is 0 Å².